The van der Waals surface area contributed by atoms with Crippen LogP contribution in [0.5, 0.6) is 0 Å². The van der Waals surface area contributed by atoms with Gasteiger partial charge in [-0.15, -0.1) is 0 Å². The van der Waals surface area contributed by atoms with E-state index in [4.69, 9.17) is 46.4 Å². The molecular formula is C13H7BrCl4. The molecule has 0 bridgehead atoms. The molecule has 0 amide bonds. The molecule has 0 aromatic heterocycles. The standard InChI is InChI=1S/C13H7BrCl4/c14-6-9-7(2-1-3-10(9)15)8-4-12(17)13(18)5-11(8)16/h1-5H,6H2. The van der Waals surface area contributed by atoms with E-state index in [-0.39, 0.29) is 0 Å². The molecule has 0 aliphatic rings. The molecule has 0 fully saturated rings. The maximum absolute atomic E-state index is 6.22. The van der Waals surface area contributed by atoms with Gasteiger partial charge in [-0.3, -0.25) is 0 Å². The van der Waals surface area contributed by atoms with Crippen LogP contribution < -0.4 is 0 Å². The Hall–Kier alpha value is 0.0800. The summed E-state index contributed by atoms with van der Waals surface area (Å²) in [6, 6.07) is 9.06. The third-order valence-corrected chi connectivity index (χ3v) is 4.50. The molecule has 2 aromatic rings. The van der Waals surface area contributed by atoms with Crippen LogP contribution in [0.4, 0.5) is 0 Å². The van der Waals surface area contributed by atoms with Crippen molar-refractivity contribution >= 4 is 62.3 Å². The smallest absolute Gasteiger partial charge is 0.0607 e. The molecular weight excluding hydrogens is 378 g/mol. The molecule has 18 heavy (non-hydrogen) atoms. The number of hydrogen-bond donors (Lipinski definition) is 0. The third-order valence-electron chi connectivity index (χ3n) is 2.55. The van der Waals surface area contributed by atoms with Gasteiger partial charge in [-0.05, 0) is 29.3 Å². The maximum atomic E-state index is 6.22. The lowest BCUT2D eigenvalue weighted by Gasteiger charge is -2.12. The van der Waals surface area contributed by atoms with E-state index >= 15 is 0 Å². The largest absolute Gasteiger partial charge is 0.0875 e. The molecule has 0 saturated carbocycles. The van der Waals surface area contributed by atoms with E-state index in [1.54, 1.807) is 12.1 Å². The van der Waals surface area contributed by atoms with E-state index in [0.717, 1.165) is 16.7 Å². The Morgan fingerprint density at radius 3 is 2.11 bits per heavy atom. The lowest BCUT2D eigenvalue weighted by atomic mass is 10.0. The van der Waals surface area contributed by atoms with Crippen molar-refractivity contribution in [2.75, 3.05) is 0 Å². The predicted molar refractivity (Wildman–Crippen MR) is 84.5 cm³/mol. The zero-order valence-electron chi connectivity index (χ0n) is 8.98. The van der Waals surface area contributed by atoms with E-state index in [0.29, 0.717) is 25.4 Å². The van der Waals surface area contributed by atoms with Crippen LogP contribution in [0.15, 0.2) is 30.3 Å². The van der Waals surface area contributed by atoms with Crippen LogP contribution in [0.3, 0.4) is 0 Å². The summed E-state index contributed by atoms with van der Waals surface area (Å²) in [6.07, 6.45) is 0. The summed E-state index contributed by atoms with van der Waals surface area (Å²) < 4.78 is 0. The fraction of sp³-hybridized carbons (Fsp3) is 0.0769. The van der Waals surface area contributed by atoms with Crippen molar-refractivity contribution < 1.29 is 0 Å². The number of hydrogen-bond acceptors (Lipinski definition) is 0. The molecule has 0 atom stereocenters. The van der Waals surface area contributed by atoms with Crippen LogP contribution >= 0.6 is 62.3 Å². The fourth-order valence-electron chi connectivity index (χ4n) is 1.68. The summed E-state index contributed by atoms with van der Waals surface area (Å²) in [7, 11) is 0. The average molecular weight is 385 g/mol. The monoisotopic (exact) mass is 382 g/mol. The molecule has 2 aromatic carbocycles. The van der Waals surface area contributed by atoms with Crippen molar-refractivity contribution in [2.45, 2.75) is 5.33 Å². The number of halogens is 5. The third kappa shape index (κ3) is 2.81. The van der Waals surface area contributed by atoms with Crippen LogP contribution in [-0.2, 0) is 5.33 Å². The van der Waals surface area contributed by atoms with Crippen molar-refractivity contribution in [2.24, 2.45) is 0 Å². The van der Waals surface area contributed by atoms with Crippen molar-refractivity contribution in [1.29, 1.82) is 0 Å². The van der Waals surface area contributed by atoms with Gasteiger partial charge < -0.3 is 0 Å². The van der Waals surface area contributed by atoms with Gasteiger partial charge in [0, 0.05) is 20.9 Å². The SMILES string of the molecule is Clc1cc(Cl)c(-c2cccc(Cl)c2CBr)cc1Cl. The van der Waals surface area contributed by atoms with Crippen molar-refractivity contribution in [1.82, 2.24) is 0 Å². The van der Waals surface area contributed by atoms with Crippen LogP contribution in [0.25, 0.3) is 11.1 Å². The minimum Gasteiger partial charge on any atom is -0.0875 e. The Morgan fingerprint density at radius 2 is 1.44 bits per heavy atom. The normalized spacial score (nSPS) is 10.7. The lowest BCUT2D eigenvalue weighted by molar-refractivity contribution is 1.43. The molecule has 0 nitrogen and oxygen atoms in total. The Balaban J connectivity index is 2.69. The van der Waals surface area contributed by atoms with Crippen LogP contribution in [0, 0.1) is 0 Å². The average Bonchev–Trinajstić information content (AvgIpc) is 2.33. The van der Waals surface area contributed by atoms with E-state index in [9.17, 15) is 0 Å². The first-order valence-electron chi connectivity index (χ1n) is 5.03. The minimum atomic E-state index is 0.438. The van der Waals surface area contributed by atoms with Gasteiger partial charge in [-0.25, -0.2) is 0 Å². The first-order chi connectivity index (χ1) is 8.54. The zero-order chi connectivity index (χ0) is 13.3. The van der Waals surface area contributed by atoms with Gasteiger partial charge in [0.2, 0.25) is 0 Å². The Kier molecular flexibility index (Phi) is 4.85. The van der Waals surface area contributed by atoms with E-state index < -0.39 is 0 Å². The van der Waals surface area contributed by atoms with Gasteiger partial charge in [-0.1, -0.05) is 74.5 Å². The zero-order valence-corrected chi connectivity index (χ0v) is 13.6. The number of benzene rings is 2. The second-order valence-electron chi connectivity index (χ2n) is 3.65. The first-order valence-corrected chi connectivity index (χ1v) is 7.66. The minimum absolute atomic E-state index is 0.438. The summed E-state index contributed by atoms with van der Waals surface area (Å²) in [5.41, 5.74) is 2.74. The van der Waals surface area contributed by atoms with E-state index in [2.05, 4.69) is 15.9 Å². The summed E-state index contributed by atoms with van der Waals surface area (Å²) in [6.45, 7) is 0. The fourth-order valence-corrected chi connectivity index (χ4v) is 3.33. The number of alkyl halides is 1. The van der Waals surface area contributed by atoms with Gasteiger partial charge >= 0.3 is 0 Å². The van der Waals surface area contributed by atoms with Crippen LogP contribution in [0.2, 0.25) is 20.1 Å². The van der Waals surface area contributed by atoms with Crippen molar-refractivity contribution in [3.63, 3.8) is 0 Å². The van der Waals surface area contributed by atoms with E-state index in [1.165, 1.54) is 0 Å². The molecule has 0 N–H and O–H groups in total. The second kappa shape index (κ2) is 6.02. The molecule has 0 unspecified atom stereocenters. The highest BCUT2D eigenvalue weighted by atomic mass is 79.9. The van der Waals surface area contributed by atoms with E-state index in [1.807, 2.05) is 18.2 Å². The molecule has 5 heteroatoms. The molecule has 0 aliphatic heterocycles. The predicted octanol–water partition coefficient (Wildman–Crippen LogP) is 6.86. The van der Waals surface area contributed by atoms with Crippen LogP contribution in [0.1, 0.15) is 5.56 Å². The molecule has 0 spiro atoms. The van der Waals surface area contributed by atoms with Crippen molar-refractivity contribution in [3.8, 4) is 11.1 Å². The first kappa shape index (κ1) is 14.5. The Bertz CT molecular complexity index is 596. The molecule has 0 heterocycles. The molecule has 0 saturated heterocycles. The molecule has 2 rings (SSSR count). The van der Waals surface area contributed by atoms with Crippen LogP contribution in [-0.4, -0.2) is 0 Å². The summed E-state index contributed by atoms with van der Waals surface area (Å²) in [5, 5.41) is 2.78. The molecule has 94 valence electrons. The van der Waals surface area contributed by atoms with Gasteiger partial charge in [0.15, 0.2) is 0 Å². The highest BCUT2D eigenvalue weighted by Crippen LogP contribution is 2.38. The topological polar surface area (TPSA) is 0 Å². The van der Waals surface area contributed by atoms with Crippen molar-refractivity contribution in [3.05, 3.63) is 56.0 Å². The van der Waals surface area contributed by atoms with Gasteiger partial charge in [0.1, 0.15) is 0 Å². The quantitative estimate of drug-likeness (QED) is 0.391. The summed E-state index contributed by atoms with van der Waals surface area (Å²) in [5.74, 6) is 0. The summed E-state index contributed by atoms with van der Waals surface area (Å²) >= 11 is 27.8. The van der Waals surface area contributed by atoms with Gasteiger partial charge in [0.05, 0.1) is 10.0 Å². The summed E-state index contributed by atoms with van der Waals surface area (Å²) in [4.78, 5) is 0. The molecule has 0 radical (unpaired) electrons. The highest BCUT2D eigenvalue weighted by Gasteiger charge is 2.13. The lowest BCUT2D eigenvalue weighted by Crippen LogP contribution is -1.89. The van der Waals surface area contributed by atoms with Gasteiger partial charge in [-0.2, -0.15) is 0 Å². The highest BCUT2D eigenvalue weighted by molar-refractivity contribution is 9.08. The van der Waals surface area contributed by atoms with Gasteiger partial charge in [0.25, 0.3) is 0 Å². The Labute approximate surface area is 134 Å². The second-order valence-corrected chi connectivity index (χ2v) is 5.84. The maximum Gasteiger partial charge on any atom is 0.0607 e. The number of rotatable bonds is 2. The Morgan fingerprint density at radius 1 is 0.778 bits per heavy atom. The molecule has 0 aliphatic carbocycles.